The van der Waals surface area contributed by atoms with E-state index in [0.29, 0.717) is 0 Å². The summed E-state index contributed by atoms with van der Waals surface area (Å²) in [6.45, 7) is 3.98. The minimum absolute atomic E-state index is 0.840. The maximum absolute atomic E-state index is 4.38. The van der Waals surface area contributed by atoms with Gasteiger partial charge in [-0.2, -0.15) is 0 Å². The Bertz CT molecular complexity index is 387. The van der Waals surface area contributed by atoms with Gasteiger partial charge in [0.25, 0.3) is 0 Å². The third kappa shape index (κ3) is 1.75. The Morgan fingerprint density at radius 1 is 1.15 bits per heavy atom. The van der Waals surface area contributed by atoms with Crippen LogP contribution >= 0.6 is 11.3 Å². The molecule has 3 heteroatoms. The van der Waals surface area contributed by atoms with Crippen LogP contribution in [-0.4, -0.2) is 9.97 Å². The van der Waals surface area contributed by atoms with E-state index >= 15 is 0 Å². The maximum atomic E-state index is 4.38. The van der Waals surface area contributed by atoms with Crippen LogP contribution in [0.3, 0.4) is 0 Å². The number of hydrogen-bond acceptors (Lipinski definition) is 3. The second-order valence-electron chi connectivity index (χ2n) is 2.95. The molecule has 0 radical (unpaired) electrons. The van der Waals surface area contributed by atoms with Crippen molar-refractivity contribution < 1.29 is 0 Å². The molecule has 2 aromatic rings. The normalized spacial score (nSPS) is 10.3. The summed E-state index contributed by atoms with van der Waals surface area (Å²) < 4.78 is 0. The van der Waals surface area contributed by atoms with Gasteiger partial charge in [0.1, 0.15) is 0 Å². The summed E-state index contributed by atoms with van der Waals surface area (Å²) in [6.07, 6.45) is 0. The lowest BCUT2D eigenvalue weighted by Gasteiger charge is -1.99. The van der Waals surface area contributed by atoms with Gasteiger partial charge in [0.15, 0.2) is 5.82 Å². The lowest BCUT2D eigenvalue weighted by atomic mass is 10.3. The Morgan fingerprint density at radius 3 is 2.38 bits per heavy atom. The van der Waals surface area contributed by atoms with Crippen LogP contribution in [0.25, 0.3) is 10.7 Å². The molecule has 0 spiro atoms. The third-order valence-electron chi connectivity index (χ3n) is 1.72. The van der Waals surface area contributed by atoms with Crippen molar-refractivity contribution in [2.75, 3.05) is 0 Å². The topological polar surface area (TPSA) is 25.8 Å². The second kappa shape index (κ2) is 3.26. The summed E-state index contributed by atoms with van der Waals surface area (Å²) in [5.74, 6) is 0.840. The fraction of sp³-hybridized carbons (Fsp3) is 0.200. The molecule has 0 atom stereocenters. The van der Waals surface area contributed by atoms with Crippen LogP contribution in [0.15, 0.2) is 23.6 Å². The second-order valence-corrected chi connectivity index (χ2v) is 3.90. The van der Waals surface area contributed by atoms with Gasteiger partial charge in [-0.3, -0.25) is 0 Å². The zero-order valence-corrected chi connectivity index (χ0v) is 8.43. The van der Waals surface area contributed by atoms with Crippen LogP contribution < -0.4 is 0 Å². The fourth-order valence-corrected chi connectivity index (χ4v) is 1.90. The summed E-state index contributed by atoms with van der Waals surface area (Å²) in [4.78, 5) is 9.88. The van der Waals surface area contributed by atoms with Crippen molar-refractivity contribution in [1.82, 2.24) is 9.97 Å². The van der Waals surface area contributed by atoms with Gasteiger partial charge in [0.05, 0.1) is 4.88 Å². The molecule has 0 saturated heterocycles. The Morgan fingerprint density at radius 2 is 1.85 bits per heavy atom. The molecule has 0 saturated carbocycles. The predicted octanol–water partition coefficient (Wildman–Crippen LogP) is 2.82. The van der Waals surface area contributed by atoms with Crippen LogP contribution in [0.4, 0.5) is 0 Å². The summed E-state index contributed by atoms with van der Waals surface area (Å²) >= 11 is 1.67. The molecule has 0 bridgehead atoms. The molecule has 0 aliphatic rings. The average molecular weight is 190 g/mol. The molecular weight excluding hydrogens is 180 g/mol. The lowest BCUT2D eigenvalue weighted by Crippen LogP contribution is -1.92. The first-order valence-corrected chi connectivity index (χ1v) is 5.00. The number of aromatic nitrogens is 2. The molecule has 0 aromatic carbocycles. The van der Waals surface area contributed by atoms with Crippen molar-refractivity contribution in [3.8, 4) is 10.7 Å². The van der Waals surface area contributed by atoms with E-state index in [4.69, 9.17) is 0 Å². The van der Waals surface area contributed by atoms with Crippen LogP contribution in [0.5, 0.6) is 0 Å². The Balaban J connectivity index is 2.53. The summed E-state index contributed by atoms with van der Waals surface area (Å²) in [5, 5.41) is 2.04. The third-order valence-corrected chi connectivity index (χ3v) is 2.59. The van der Waals surface area contributed by atoms with Crippen LogP contribution in [-0.2, 0) is 0 Å². The van der Waals surface area contributed by atoms with Crippen LogP contribution in [0.2, 0.25) is 0 Å². The highest BCUT2D eigenvalue weighted by atomic mass is 32.1. The lowest BCUT2D eigenvalue weighted by molar-refractivity contribution is 1.07. The number of nitrogens with zero attached hydrogens (tertiary/aromatic N) is 2. The molecule has 0 amide bonds. The molecule has 0 fully saturated rings. The maximum Gasteiger partial charge on any atom is 0.169 e. The Labute approximate surface area is 81.3 Å². The smallest absolute Gasteiger partial charge is 0.169 e. The van der Waals surface area contributed by atoms with Gasteiger partial charge in [-0.05, 0) is 31.4 Å². The molecule has 2 rings (SSSR count). The van der Waals surface area contributed by atoms with E-state index in [1.165, 1.54) is 0 Å². The first-order chi connectivity index (χ1) is 6.25. The van der Waals surface area contributed by atoms with Crippen LogP contribution in [0, 0.1) is 13.8 Å². The quantitative estimate of drug-likeness (QED) is 0.691. The SMILES string of the molecule is Cc1cc(C)nc(-c2cccs2)n1. The molecule has 13 heavy (non-hydrogen) atoms. The first kappa shape index (κ1) is 8.38. The summed E-state index contributed by atoms with van der Waals surface area (Å²) in [7, 11) is 0. The standard InChI is InChI=1S/C10H10N2S/c1-7-6-8(2)12-10(11-7)9-4-3-5-13-9/h3-6H,1-2H3. The van der Waals surface area contributed by atoms with Gasteiger partial charge in [-0.15, -0.1) is 11.3 Å². The van der Waals surface area contributed by atoms with E-state index in [2.05, 4.69) is 9.97 Å². The van der Waals surface area contributed by atoms with E-state index in [1.807, 2.05) is 37.4 Å². The highest BCUT2D eigenvalue weighted by Gasteiger charge is 2.02. The highest BCUT2D eigenvalue weighted by molar-refractivity contribution is 7.13. The monoisotopic (exact) mass is 190 g/mol. The zero-order valence-electron chi connectivity index (χ0n) is 7.61. The van der Waals surface area contributed by atoms with E-state index in [-0.39, 0.29) is 0 Å². The molecule has 0 aliphatic heterocycles. The highest BCUT2D eigenvalue weighted by Crippen LogP contribution is 2.20. The van der Waals surface area contributed by atoms with Crippen molar-refractivity contribution in [3.63, 3.8) is 0 Å². The van der Waals surface area contributed by atoms with Crippen LogP contribution in [0.1, 0.15) is 11.4 Å². The predicted molar refractivity (Wildman–Crippen MR) is 54.8 cm³/mol. The Hall–Kier alpha value is -1.22. The van der Waals surface area contributed by atoms with Gasteiger partial charge < -0.3 is 0 Å². The molecule has 66 valence electrons. The molecule has 2 aromatic heterocycles. The van der Waals surface area contributed by atoms with Crippen molar-refractivity contribution >= 4 is 11.3 Å². The minimum atomic E-state index is 0.840. The van der Waals surface area contributed by atoms with E-state index in [0.717, 1.165) is 22.1 Å². The van der Waals surface area contributed by atoms with Gasteiger partial charge in [-0.1, -0.05) is 6.07 Å². The van der Waals surface area contributed by atoms with Crippen molar-refractivity contribution in [3.05, 3.63) is 35.0 Å². The van der Waals surface area contributed by atoms with Gasteiger partial charge in [-0.25, -0.2) is 9.97 Å². The van der Waals surface area contributed by atoms with E-state index in [1.54, 1.807) is 11.3 Å². The first-order valence-electron chi connectivity index (χ1n) is 4.12. The largest absolute Gasteiger partial charge is 0.233 e. The van der Waals surface area contributed by atoms with Gasteiger partial charge in [0.2, 0.25) is 0 Å². The number of thiophene rings is 1. The van der Waals surface area contributed by atoms with E-state index in [9.17, 15) is 0 Å². The summed E-state index contributed by atoms with van der Waals surface area (Å²) in [6, 6.07) is 6.04. The van der Waals surface area contributed by atoms with Crippen molar-refractivity contribution in [2.24, 2.45) is 0 Å². The number of hydrogen-bond donors (Lipinski definition) is 0. The van der Waals surface area contributed by atoms with Gasteiger partial charge in [0, 0.05) is 11.4 Å². The number of aryl methyl sites for hydroxylation is 2. The summed E-state index contributed by atoms with van der Waals surface area (Å²) in [5.41, 5.74) is 2.05. The fourth-order valence-electron chi connectivity index (χ4n) is 1.24. The zero-order chi connectivity index (χ0) is 9.26. The van der Waals surface area contributed by atoms with Crippen molar-refractivity contribution in [1.29, 1.82) is 0 Å². The molecule has 0 aliphatic carbocycles. The average Bonchev–Trinajstić information content (AvgIpc) is 2.53. The molecule has 0 N–H and O–H groups in total. The number of rotatable bonds is 1. The molecule has 0 unspecified atom stereocenters. The minimum Gasteiger partial charge on any atom is -0.233 e. The molecule has 2 heterocycles. The molecular formula is C10H10N2S. The van der Waals surface area contributed by atoms with Gasteiger partial charge >= 0.3 is 0 Å². The molecule has 2 nitrogen and oxygen atoms in total. The van der Waals surface area contributed by atoms with Crippen molar-refractivity contribution in [2.45, 2.75) is 13.8 Å². The van der Waals surface area contributed by atoms with E-state index < -0.39 is 0 Å². The Kier molecular flexibility index (Phi) is 2.10.